The van der Waals surface area contributed by atoms with Crippen LogP contribution in [0.3, 0.4) is 0 Å². The zero-order valence-electron chi connectivity index (χ0n) is 12.4. The van der Waals surface area contributed by atoms with Gasteiger partial charge in [-0.3, -0.25) is 4.79 Å². The molecule has 0 saturated heterocycles. The third-order valence-corrected chi connectivity index (χ3v) is 3.90. The summed E-state index contributed by atoms with van der Waals surface area (Å²) in [5, 5.41) is 16.9. The molecule has 0 spiro atoms. The highest BCUT2D eigenvalue weighted by Crippen LogP contribution is 2.22. The van der Waals surface area contributed by atoms with Gasteiger partial charge in [-0.25, -0.2) is 0 Å². The Hall–Kier alpha value is -2.11. The van der Waals surface area contributed by atoms with E-state index in [4.69, 9.17) is 4.74 Å². The SMILES string of the molecule is C=CCOc1ccc(C(=O)NCC(C)(O)c2ccsc2)cc1. The molecular formula is C17H19NO3S. The van der Waals surface area contributed by atoms with E-state index >= 15 is 0 Å². The van der Waals surface area contributed by atoms with Crippen molar-refractivity contribution in [1.29, 1.82) is 0 Å². The Morgan fingerprint density at radius 2 is 2.14 bits per heavy atom. The largest absolute Gasteiger partial charge is 0.490 e. The molecule has 22 heavy (non-hydrogen) atoms. The molecular weight excluding hydrogens is 298 g/mol. The molecule has 0 radical (unpaired) electrons. The summed E-state index contributed by atoms with van der Waals surface area (Å²) in [6.07, 6.45) is 1.66. The number of benzene rings is 1. The second kappa shape index (κ2) is 7.24. The Morgan fingerprint density at radius 3 is 2.73 bits per heavy atom. The zero-order valence-corrected chi connectivity index (χ0v) is 13.2. The van der Waals surface area contributed by atoms with E-state index in [1.54, 1.807) is 37.3 Å². The number of hydrogen-bond donors (Lipinski definition) is 2. The van der Waals surface area contributed by atoms with Gasteiger partial charge in [0.15, 0.2) is 0 Å². The van der Waals surface area contributed by atoms with Crippen molar-refractivity contribution in [3.63, 3.8) is 0 Å². The van der Waals surface area contributed by atoms with Crippen LogP contribution >= 0.6 is 11.3 Å². The zero-order chi connectivity index (χ0) is 16.0. The minimum absolute atomic E-state index is 0.150. The first-order valence-electron chi connectivity index (χ1n) is 6.90. The fraction of sp³-hybridized carbons (Fsp3) is 0.235. The van der Waals surface area contributed by atoms with Crippen molar-refractivity contribution in [3.05, 3.63) is 64.9 Å². The van der Waals surface area contributed by atoms with E-state index in [1.165, 1.54) is 11.3 Å². The number of carbonyl (C=O) groups is 1. The number of rotatable bonds is 7. The van der Waals surface area contributed by atoms with Crippen molar-refractivity contribution in [1.82, 2.24) is 5.32 Å². The van der Waals surface area contributed by atoms with E-state index in [1.807, 2.05) is 16.8 Å². The highest BCUT2D eigenvalue weighted by Gasteiger charge is 2.24. The number of hydrogen-bond acceptors (Lipinski definition) is 4. The molecule has 0 bridgehead atoms. The van der Waals surface area contributed by atoms with E-state index in [2.05, 4.69) is 11.9 Å². The van der Waals surface area contributed by atoms with Crippen LogP contribution in [0.4, 0.5) is 0 Å². The standard InChI is InChI=1S/C17H19NO3S/c1-3-9-21-15-6-4-13(5-7-15)16(19)18-12-17(2,20)14-8-10-22-11-14/h3-8,10-11,20H,1,9,12H2,2H3,(H,18,19). The molecule has 0 aliphatic carbocycles. The van der Waals surface area contributed by atoms with Crippen LogP contribution in [0, 0.1) is 0 Å². The van der Waals surface area contributed by atoms with Crippen molar-refractivity contribution < 1.29 is 14.6 Å². The predicted molar refractivity (Wildman–Crippen MR) is 88.4 cm³/mol. The molecule has 4 nitrogen and oxygen atoms in total. The lowest BCUT2D eigenvalue weighted by Gasteiger charge is -2.22. The summed E-state index contributed by atoms with van der Waals surface area (Å²) in [5.74, 6) is 0.451. The van der Waals surface area contributed by atoms with Gasteiger partial charge >= 0.3 is 0 Å². The number of ether oxygens (including phenoxy) is 1. The van der Waals surface area contributed by atoms with E-state index < -0.39 is 5.60 Å². The average Bonchev–Trinajstić information content (AvgIpc) is 3.06. The van der Waals surface area contributed by atoms with Crippen molar-refractivity contribution >= 4 is 17.2 Å². The molecule has 0 aliphatic rings. The quantitative estimate of drug-likeness (QED) is 0.772. The first-order chi connectivity index (χ1) is 10.5. The summed E-state index contributed by atoms with van der Waals surface area (Å²) in [4.78, 5) is 12.1. The van der Waals surface area contributed by atoms with Gasteiger partial charge in [0.2, 0.25) is 0 Å². The molecule has 0 saturated carbocycles. The maximum atomic E-state index is 12.1. The molecule has 1 aromatic carbocycles. The number of aliphatic hydroxyl groups is 1. The second-order valence-corrected chi connectivity index (χ2v) is 5.87. The normalized spacial score (nSPS) is 13.2. The molecule has 2 aromatic rings. The van der Waals surface area contributed by atoms with Gasteiger partial charge in [0.25, 0.3) is 5.91 Å². The van der Waals surface area contributed by atoms with Crippen LogP contribution in [0.15, 0.2) is 53.7 Å². The number of thiophene rings is 1. The second-order valence-electron chi connectivity index (χ2n) is 5.09. The van der Waals surface area contributed by atoms with Gasteiger partial charge < -0.3 is 15.2 Å². The molecule has 1 heterocycles. The van der Waals surface area contributed by atoms with Gasteiger partial charge in [-0.05, 0) is 53.6 Å². The number of amides is 1. The van der Waals surface area contributed by atoms with Crippen molar-refractivity contribution in [2.75, 3.05) is 13.2 Å². The van der Waals surface area contributed by atoms with E-state index in [0.717, 1.165) is 5.56 Å². The monoisotopic (exact) mass is 317 g/mol. The Balaban J connectivity index is 1.93. The Morgan fingerprint density at radius 1 is 1.41 bits per heavy atom. The van der Waals surface area contributed by atoms with Crippen LogP contribution in [0.1, 0.15) is 22.8 Å². The molecule has 1 aromatic heterocycles. The summed E-state index contributed by atoms with van der Waals surface area (Å²) < 4.78 is 5.36. The Labute approximate surface area is 134 Å². The molecule has 0 aliphatic heterocycles. The molecule has 1 unspecified atom stereocenters. The molecule has 2 rings (SSSR count). The fourth-order valence-electron chi connectivity index (χ4n) is 1.89. The Bertz CT molecular complexity index is 618. The van der Waals surface area contributed by atoms with Gasteiger partial charge in [0, 0.05) is 5.56 Å². The van der Waals surface area contributed by atoms with Gasteiger partial charge in [0.1, 0.15) is 18.0 Å². The molecule has 1 atom stereocenters. The predicted octanol–water partition coefficient (Wildman–Crippen LogP) is 2.95. The lowest BCUT2D eigenvalue weighted by Crippen LogP contribution is -2.38. The molecule has 116 valence electrons. The van der Waals surface area contributed by atoms with Crippen LogP contribution in [-0.2, 0) is 5.60 Å². The number of nitrogens with one attached hydrogen (secondary N) is 1. The smallest absolute Gasteiger partial charge is 0.251 e. The van der Waals surface area contributed by atoms with Crippen LogP contribution in [0.25, 0.3) is 0 Å². The van der Waals surface area contributed by atoms with Gasteiger partial charge in [-0.15, -0.1) is 0 Å². The molecule has 1 amide bonds. The van der Waals surface area contributed by atoms with E-state index in [9.17, 15) is 9.90 Å². The van der Waals surface area contributed by atoms with Gasteiger partial charge in [-0.1, -0.05) is 12.7 Å². The highest BCUT2D eigenvalue weighted by atomic mass is 32.1. The summed E-state index contributed by atoms with van der Waals surface area (Å²) >= 11 is 1.51. The first kappa shape index (κ1) is 16.3. The lowest BCUT2D eigenvalue weighted by molar-refractivity contribution is 0.0530. The number of carbonyl (C=O) groups excluding carboxylic acids is 1. The van der Waals surface area contributed by atoms with Gasteiger partial charge in [-0.2, -0.15) is 11.3 Å². The summed E-state index contributed by atoms with van der Waals surface area (Å²) in [6.45, 7) is 5.84. The summed E-state index contributed by atoms with van der Waals surface area (Å²) in [6, 6.07) is 8.69. The molecule has 5 heteroatoms. The van der Waals surface area contributed by atoms with Crippen molar-refractivity contribution in [3.8, 4) is 5.75 Å². The van der Waals surface area contributed by atoms with E-state index in [0.29, 0.717) is 17.9 Å². The van der Waals surface area contributed by atoms with Crippen LogP contribution < -0.4 is 10.1 Å². The van der Waals surface area contributed by atoms with Crippen LogP contribution in [0.2, 0.25) is 0 Å². The Kier molecular flexibility index (Phi) is 5.35. The third-order valence-electron chi connectivity index (χ3n) is 3.22. The van der Waals surface area contributed by atoms with Crippen molar-refractivity contribution in [2.45, 2.75) is 12.5 Å². The molecule has 2 N–H and O–H groups in total. The third kappa shape index (κ3) is 4.19. The van der Waals surface area contributed by atoms with Crippen LogP contribution in [0.5, 0.6) is 5.75 Å². The highest BCUT2D eigenvalue weighted by molar-refractivity contribution is 7.08. The van der Waals surface area contributed by atoms with E-state index in [-0.39, 0.29) is 12.5 Å². The van der Waals surface area contributed by atoms with Crippen LogP contribution in [-0.4, -0.2) is 24.2 Å². The average molecular weight is 317 g/mol. The minimum Gasteiger partial charge on any atom is -0.490 e. The topological polar surface area (TPSA) is 58.6 Å². The van der Waals surface area contributed by atoms with Crippen molar-refractivity contribution in [2.24, 2.45) is 0 Å². The summed E-state index contributed by atoms with van der Waals surface area (Å²) in [7, 11) is 0. The minimum atomic E-state index is -1.08. The lowest BCUT2D eigenvalue weighted by atomic mass is 9.99. The first-order valence-corrected chi connectivity index (χ1v) is 7.84. The maximum absolute atomic E-state index is 12.1. The summed E-state index contributed by atoms with van der Waals surface area (Å²) in [5.41, 5.74) is 0.237. The van der Waals surface area contributed by atoms with Gasteiger partial charge in [0.05, 0.1) is 6.54 Å². The molecule has 0 fully saturated rings. The maximum Gasteiger partial charge on any atom is 0.251 e. The fourth-order valence-corrected chi connectivity index (χ4v) is 2.67.